The minimum Gasteiger partial charge on any atom is -0.356 e. The van der Waals surface area contributed by atoms with Gasteiger partial charge < -0.3 is 9.84 Å². The van der Waals surface area contributed by atoms with Gasteiger partial charge in [-0.15, -0.1) is 11.3 Å². The van der Waals surface area contributed by atoms with Crippen molar-refractivity contribution in [1.82, 2.24) is 15.5 Å². The second-order valence-electron chi connectivity index (χ2n) is 4.00. The molecule has 6 heteroatoms. The fraction of sp³-hybridized carbons (Fsp3) is 0.154. The van der Waals surface area contributed by atoms with Crippen LogP contribution in [0.15, 0.2) is 40.4 Å². The Morgan fingerprint density at radius 2 is 2.26 bits per heavy atom. The molecule has 96 valence electrons. The fourth-order valence-corrected chi connectivity index (χ4v) is 2.35. The first-order valence-corrected chi connectivity index (χ1v) is 6.69. The molecule has 0 bridgehead atoms. The Balaban J connectivity index is 1.66. The summed E-state index contributed by atoms with van der Waals surface area (Å²) in [7, 11) is 0. The molecule has 1 amide bonds. The molecule has 0 aliphatic heterocycles. The van der Waals surface area contributed by atoms with E-state index in [2.05, 4.69) is 15.5 Å². The molecule has 5 nitrogen and oxygen atoms in total. The maximum atomic E-state index is 11.8. The van der Waals surface area contributed by atoms with Crippen molar-refractivity contribution in [3.8, 4) is 0 Å². The van der Waals surface area contributed by atoms with Gasteiger partial charge in [-0.1, -0.05) is 17.3 Å². The number of fused-ring (bicyclic) bond motifs is 1. The van der Waals surface area contributed by atoms with E-state index in [9.17, 15) is 4.79 Å². The maximum Gasteiger partial charge on any atom is 0.226 e. The molecule has 19 heavy (non-hydrogen) atoms. The molecule has 0 radical (unpaired) electrons. The Kier molecular flexibility index (Phi) is 3.24. The summed E-state index contributed by atoms with van der Waals surface area (Å²) >= 11 is 1.52. The zero-order valence-corrected chi connectivity index (χ0v) is 10.8. The highest BCUT2D eigenvalue weighted by molar-refractivity contribution is 7.09. The standard InChI is InChI=1S/C13H11N3O2S/c17-12(15-8-13-14-5-6-19-13)7-10-9-3-1-2-4-11(9)18-16-10/h1-6H,7-8H2,(H,15,17). The number of nitrogens with zero attached hydrogens (tertiary/aromatic N) is 2. The van der Waals surface area contributed by atoms with Gasteiger partial charge in [0, 0.05) is 17.0 Å². The van der Waals surface area contributed by atoms with Crippen LogP contribution >= 0.6 is 11.3 Å². The van der Waals surface area contributed by atoms with Crippen molar-refractivity contribution in [3.63, 3.8) is 0 Å². The zero-order valence-electron chi connectivity index (χ0n) is 10.00. The number of benzene rings is 1. The number of carbonyl (C=O) groups excluding carboxylic acids is 1. The van der Waals surface area contributed by atoms with Crippen LogP contribution in [0.4, 0.5) is 0 Å². The molecule has 0 saturated heterocycles. The first-order valence-electron chi connectivity index (χ1n) is 5.81. The van der Waals surface area contributed by atoms with Crippen molar-refractivity contribution >= 4 is 28.2 Å². The molecule has 2 aromatic heterocycles. The Bertz CT molecular complexity index is 691. The SMILES string of the molecule is O=C(Cc1noc2ccccc12)NCc1nccs1. The number of thiazole rings is 1. The molecule has 0 saturated carbocycles. The predicted molar refractivity (Wildman–Crippen MR) is 71.7 cm³/mol. The third-order valence-electron chi connectivity index (χ3n) is 2.70. The first-order chi connectivity index (χ1) is 9.33. The van der Waals surface area contributed by atoms with Crippen LogP contribution in [0.25, 0.3) is 11.0 Å². The lowest BCUT2D eigenvalue weighted by molar-refractivity contribution is -0.120. The molecule has 1 aromatic carbocycles. The molecule has 0 fully saturated rings. The topological polar surface area (TPSA) is 68.0 Å². The number of carbonyl (C=O) groups is 1. The largest absolute Gasteiger partial charge is 0.356 e. The fourth-order valence-electron chi connectivity index (χ4n) is 1.79. The summed E-state index contributed by atoms with van der Waals surface area (Å²) in [5.74, 6) is -0.0887. The van der Waals surface area contributed by atoms with E-state index >= 15 is 0 Å². The average molecular weight is 273 g/mol. The van der Waals surface area contributed by atoms with Crippen molar-refractivity contribution in [1.29, 1.82) is 0 Å². The van der Waals surface area contributed by atoms with Crippen molar-refractivity contribution < 1.29 is 9.32 Å². The molecule has 0 aliphatic carbocycles. The molecule has 0 aliphatic rings. The lowest BCUT2D eigenvalue weighted by Crippen LogP contribution is -2.24. The van der Waals surface area contributed by atoms with Crippen LogP contribution in [0.3, 0.4) is 0 Å². The van der Waals surface area contributed by atoms with Crippen molar-refractivity contribution in [2.45, 2.75) is 13.0 Å². The third-order valence-corrected chi connectivity index (χ3v) is 3.48. The molecule has 3 rings (SSSR count). The molecule has 3 aromatic rings. The summed E-state index contributed by atoms with van der Waals surface area (Å²) < 4.78 is 5.16. The lowest BCUT2D eigenvalue weighted by atomic mass is 10.2. The Morgan fingerprint density at radius 1 is 1.37 bits per heavy atom. The number of nitrogens with one attached hydrogen (secondary N) is 1. The Labute approximate surface area is 113 Å². The minimum absolute atomic E-state index is 0.0887. The van der Waals surface area contributed by atoms with E-state index in [4.69, 9.17) is 4.52 Å². The summed E-state index contributed by atoms with van der Waals surface area (Å²) in [5.41, 5.74) is 1.36. The van der Waals surface area contributed by atoms with Crippen LogP contribution in [-0.4, -0.2) is 16.0 Å². The molecule has 2 heterocycles. The number of para-hydroxylation sites is 1. The van der Waals surface area contributed by atoms with Gasteiger partial charge in [0.05, 0.1) is 13.0 Å². The predicted octanol–water partition coefficient (Wildman–Crippen LogP) is 2.14. The second kappa shape index (κ2) is 5.19. The minimum atomic E-state index is -0.0887. The van der Waals surface area contributed by atoms with Crippen LogP contribution in [-0.2, 0) is 17.8 Å². The van der Waals surface area contributed by atoms with Gasteiger partial charge in [-0.25, -0.2) is 4.98 Å². The van der Waals surface area contributed by atoms with E-state index in [-0.39, 0.29) is 12.3 Å². The third kappa shape index (κ3) is 2.63. The van der Waals surface area contributed by atoms with Crippen LogP contribution in [0.1, 0.15) is 10.7 Å². The number of aromatic nitrogens is 2. The van der Waals surface area contributed by atoms with E-state index in [1.54, 1.807) is 6.20 Å². The Hall–Kier alpha value is -2.21. The molecule has 0 atom stereocenters. The highest BCUT2D eigenvalue weighted by atomic mass is 32.1. The summed E-state index contributed by atoms with van der Waals surface area (Å²) in [6.45, 7) is 0.451. The van der Waals surface area contributed by atoms with Gasteiger partial charge in [0.1, 0.15) is 10.7 Å². The monoisotopic (exact) mass is 273 g/mol. The molecule has 0 unspecified atom stereocenters. The van der Waals surface area contributed by atoms with Gasteiger partial charge in [0.25, 0.3) is 0 Å². The van der Waals surface area contributed by atoms with E-state index in [0.29, 0.717) is 17.8 Å². The number of rotatable bonds is 4. The van der Waals surface area contributed by atoms with E-state index in [1.807, 2.05) is 29.6 Å². The maximum absolute atomic E-state index is 11.8. The van der Waals surface area contributed by atoms with Crippen LogP contribution in [0, 0.1) is 0 Å². The molecular formula is C13H11N3O2S. The number of hydrogen-bond donors (Lipinski definition) is 1. The highest BCUT2D eigenvalue weighted by Gasteiger charge is 2.11. The van der Waals surface area contributed by atoms with E-state index in [1.165, 1.54) is 11.3 Å². The van der Waals surface area contributed by atoms with E-state index < -0.39 is 0 Å². The highest BCUT2D eigenvalue weighted by Crippen LogP contribution is 2.18. The van der Waals surface area contributed by atoms with Gasteiger partial charge in [0.15, 0.2) is 5.58 Å². The van der Waals surface area contributed by atoms with Crippen LogP contribution in [0.2, 0.25) is 0 Å². The number of amides is 1. The van der Waals surface area contributed by atoms with Gasteiger partial charge in [-0.05, 0) is 12.1 Å². The number of hydrogen-bond acceptors (Lipinski definition) is 5. The van der Waals surface area contributed by atoms with Crippen LogP contribution in [0.5, 0.6) is 0 Å². The Morgan fingerprint density at radius 3 is 3.11 bits per heavy atom. The summed E-state index contributed by atoms with van der Waals surface area (Å²) in [4.78, 5) is 15.9. The van der Waals surface area contributed by atoms with Gasteiger partial charge >= 0.3 is 0 Å². The van der Waals surface area contributed by atoms with E-state index in [0.717, 1.165) is 10.4 Å². The molecular weight excluding hydrogens is 262 g/mol. The first kappa shape index (κ1) is 11.9. The summed E-state index contributed by atoms with van der Waals surface area (Å²) in [6, 6.07) is 7.50. The lowest BCUT2D eigenvalue weighted by Gasteiger charge is -2.00. The van der Waals surface area contributed by atoms with Crippen molar-refractivity contribution in [2.24, 2.45) is 0 Å². The van der Waals surface area contributed by atoms with Crippen molar-refractivity contribution in [3.05, 3.63) is 46.5 Å². The van der Waals surface area contributed by atoms with Crippen LogP contribution < -0.4 is 5.32 Å². The second-order valence-corrected chi connectivity index (χ2v) is 4.98. The van der Waals surface area contributed by atoms with Gasteiger partial charge in [0.2, 0.25) is 5.91 Å². The van der Waals surface area contributed by atoms with Gasteiger partial charge in [-0.2, -0.15) is 0 Å². The molecule has 1 N–H and O–H groups in total. The smallest absolute Gasteiger partial charge is 0.226 e. The summed E-state index contributed by atoms with van der Waals surface area (Å²) in [6.07, 6.45) is 1.93. The normalized spacial score (nSPS) is 10.7. The van der Waals surface area contributed by atoms with Gasteiger partial charge in [-0.3, -0.25) is 4.79 Å². The average Bonchev–Trinajstić information content (AvgIpc) is 3.07. The summed E-state index contributed by atoms with van der Waals surface area (Å²) in [5, 5.41) is 10.4. The quantitative estimate of drug-likeness (QED) is 0.790. The molecule has 0 spiro atoms. The zero-order chi connectivity index (χ0) is 13.1. The van der Waals surface area contributed by atoms with Crippen molar-refractivity contribution in [2.75, 3.05) is 0 Å².